The van der Waals surface area contributed by atoms with Crippen molar-refractivity contribution < 1.29 is 5.11 Å². The normalized spacial score (nSPS) is 12.4. The first-order valence-corrected chi connectivity index (χ1v) is 5.46. The summed E-state index contributed by atoms with van der Waals surface area (Å²) in [7, 11) is 0. The van der Waals surface area contributed by atoms with Gasteiger partial charge in [-0.3, -0.25) is 0 Å². The summed E-state index contributed by atoms with van der Waals surface area (Å²) >= 11 is 9.30. The number of benzene rings is 1. The summed E-state index contributed by atoms with van der Waals surface area (Å²) < 4.78 is 0.913. The van der Waals surface area contributed by atoms with Crippen LogP contribution in [-0.4, -0.2) is 5.11 Å². The molecule has 0 aliphatic heterocycles. The van der Waals surface area contributed by atoms with E-state index in [1.807, 2.05) is 26.0 Å². The minimum Gasteiger partial charge on any atom is -0.384 e. The fraction of sp³-hybridized carbons (Fsp3) is 0.273. The lowest BCUT2D eigenvalue weighted by atomic mass is 10.1. The van der Waals surface area contributed by atoms with Crippen molar-refractivity contribution in [2.45, 2.75) is 20.0 Å². The summed E-state index contributed by atoms with van der Waals surface area (Å²) in [6.07, 6.45) is 1.15. The van der Waals surface area contributed by atoms with E-state index in [0.29, 0.717) is 5.02 Å². The molecule has 0 aliphatic rings. The third kappa shape index (κ3) is 3.12. The molecule has 0 amide bonds. The van der Waals surface area contributed by atoms with Crippen LogP contribution in [0.5, 0.6) is 0 Å². The third-order valence-corrected chi connectivity index (χ3v) is 2.59. The summed E-state index contributed by atoms with van der Waals surface area (Å²) in [4.78, 5) is 0. The van der Waals surface area contributed by atoms with Crippen LogP contribution in [0.2, 0.25) is 5.02 Å². The molecular formula is C11H12BrClO. The molecule has 0 fully saturated rings. The van der Waals surface area contributed by atoms with Crippen molar-refractivity contribution in [1.82, 2.24) is 0 Å². The highest BCUT2D eigenvalue weighted by atomic mass is 79.9. The molecular weight excluding hydrogens is 263 g/mol. The van der Waals surface area contributed by atoms with Crippen LogP contribution < -0.4 is 0 Å². The molecule has 0 radical (unpaired) electrons. The summed E-state index contributed by atoms with van der Waals surface area (Å²) in [6.45, 7) is 3.88. The number of hydrogen-bond donors (Lipinski definition) is 1. The van der Waals surface area contributed by atoms with Crippen LogP contribution in [0.3, 0.4) is 0 Å². The van der Waals surface area contributed by atoms with E-state index in [0.717, 1.165) is 15.6 Å². The zero-order valence-corrected chi connectivity index (χ0v) is 10.4. The lowest BCUT2D eigenvalue weighted by molar-refractivity contribution is 0.228. The van der Waals surface area contributed by atoms with Gasteiger partial charge in [0, 0.05) is 15.1 Å². The Labute approximate surface area is 97.5 Å². The highest BCUT2D eigenvalue weighted by Gasteiger charge is 2.08. The van der Waals surface area contributed by atoms with Gasteiger partial charge < -0.3 is 5.11 Å². The standard InChI is InChI=1S/C11H12BrClO/c1-7(2)5-11(14)9-4-3-8(12)6-10(9)13/h3-6,11,14H,1-2H3. The molecule has 76 valence electrons. The molecule has 14 heavy (non-hydrogen) atoms. The number of aliphatic hydroxyl groups excluding tert-OH is 1. The van der Waals surface area contributed by atoms with E-state index in [2.05, 4.69) is 15.9 Å². The molecule has 0 saturated carbocycles. The van der Waals surface area contributed by atoms with Gasteiger partial charge in [0.25, 0.3) is 0 Å². The molecule has 0 spiro atoms. The van der Waals surface area contributed by atoms with Gasteiger partial charge in [-0.1, -0.05) is 45.2 Å². The van der Waals surface area contributed by atoms with Gasteiger partial charge in [0.2, 0.25) is 0 Å². The van der Waals surface area contributed by atoms with Crippen molar-refractivity contribution in [3.8, 4) is 0 Å². The molecule has 1 atom stereocenters. The van der Waals surface area contributed by atoms with Crippen LogP contribution in [0, 0.1) is 0 Å². The number of hydrogen-bond acceptors (Lipinski definition) is 1. The first-order valence-electron chi connectivity index (χ1n) is 4.28. The van der Waals surface area contributed by atoms with Gasteiger partial charge in [-0.05, 0) is 26.0 Å². The minimum absolute atomic E-state index is 0.573. The van der Waals surface area contributed by atoms with Crippen molar-refractivity contribution in [1.29, 1.82) is 0 Å². The zero-order valence-electron chi connectivity index (χ0n) is 8.09. The van der Waals surface area contributed by atoms with Crippen molar-refractivity contribution in [2.24, 2.45) is 0 Å². The van der Waals surface area contributed by atoms with E-state index in [4.69, 9.17) is 11.6 Å². The van der Waals surface area contributed by atoms with E-state index in [1.54, 1.807) is 12.1 Å². The molecule has 0 bridgehead atoms. The van der Waals surface area contributed by atoms with E-state index < -0.39 is 6.10 Å². The van der Waals surface area contributed by atoms with Gasteiger partial charge in [-0.25, -0.2) is 0 Å². The van der Waals surface area contributed by atoms with Gasteiger partial charge in [-0.2, -0.15) is 0 Å². The molecule has 3 heteroatoms. The van der Waals surface area contributed by atoms with Crippen molar-refractivity contribution >= 4 is 27.5 Å². The highest BCUT2D eigenvalue weighted by molar-refractivity contribution is 9.10. The largest absolute Gasteiger partial charge is 0.384 e. The fourth-order valence-corrected chi connectivity index (χ4v) is 1.93. The minimum atomic E-state index is -0.624. The Balaban J connectivity index is 3.02. The van der Waals surface area contributed by atoms with E-state index >= 15 is 0 Å². The summed E-state index contributed by atoms with van der Waals surface area (Å²) in [6, 6.07) is 5.46. The van der Waals surface area contributed by atoms with Crippen molar-refractivity contribution in [3.63, 3.8) is 0 Å². The second-order valence-electron chi connectivity index (χ2n) is 3.35. The summed E-state index contributed by atoms with van der Waals surface area (Å²) in [5, 5.41) is 10.4. The number of rotatable bonds is 2. The van der Waals surface area contributed by atoms with Crippen LogP contribution in [0.25, 0.3) is 0 Å². The maximum Gasteiger partial charge on any atom is 0.0988 e. The Morgan fingerprint density at radius 1 is 1.50 bits per heavy atom. The molecule has 1 N–H and O–H groups in total. The second kappa shape index (κ2) is 4.96. The molecule has 0 heterocycles. The molecule has 0 aromatic heterocycles. The SMILES string of the molecule is CC(C)=CC(O)c1ccc(Br)cc1Cl. The van der Waals surface area contributed by atoms with Crippen LogP contribution in [-0.2, 0) is 0 Å². The Kier molecular flexibility index (Phi) is 4.17. The highest BCUT2D eigenvalue weighted by Crippen LogP contribution is 2.27. The predicted octanol–water partition coefficient (Wildman–Crippen LogP) is 4.10. The average Bonchev–Trinajstić information content (AvgIpc) is 2.01. The van der Waals surface area contributed by atoms with Crippen LogP contribution in [0.4, 0.5) is 0 Å². The fourth-order valence-electron chi connectivity index (χ4n) is 1.15. The molecule has 1 rings (SSSR count). The number of allylic oxidation sites excluding steroid dienone is 1. The smallest absolute Gasteiger partial charge is 0.0988 e. The molecule has 0 saturated heterocycles. The van der Waals surface area contributed by atoms with Crippen molar-refractivity contribution in [3.05, 3.63) is 44.9 Å². The van der Waals surface area contributed by atoms with Gasteiger partial charge in [0.15, 0.2) is 0 Å². The summed E-state index contributed by atoms with van der Waals surface area (Å²) in [5.74, 6) is 0. The summed E-state index contributed by atoms with van der Waals surface area (Å²) in [5.41, 5.74) is 1.80. The van der Waals surface area contributed by atoms with Gasteiger partial charge >= 0.3 is 0 Å². The molecule has 0 aliphatic carbocycles. The third-order valence-electron chi connectivity index (χ3n) is 1.77. The molecule has 1 nitrogen and oxygen atoms in total. The van der Waals surface area contributed by atoms with Crippen LogP contribution in [0.1, 0.15) is 25.5 Å². The average molecular weight is 276 g/mol. The number of aliphatic hydroxyl groups is 1. The first-order chi connectivity index (χ1) is 6.50. The second-order valence-corrected chi connectivity index (χ2v) is 4.68. The zero-order chi connectivity index (χ0) is 10.7. The monoisotopic (exact) mass is 274 g/mol. The van der Waals surface area contributed by atoms with E-state index in [1.165, 1.54) is 0 Å². The first kappa shape index (κ1) is 11.8. The molecule has 1 aromatic carbocycles. The van der Waals surface area contributed by atoms with E-state index in [-0.39, 0.29) is 0 Å². The maximum atomic E-state index is 9.79. The number of halogens is 2. The Morgan fingerprint density at radius 2 is 2.14 bits per heavy atom. The predicted molar refractivity (Wildman–Crippen MR) is 63.5 cm³/mol. The Hall–Kier alpha value is -0.310. The van der Waals surface area contributed by atoms with Gasteiger partial charge in [0.1, 0.15) is 0 Å². The molecule has 1 unspecified atom stereocenters. The van der Waals surface area contributed by atoms with Crippen molar-refractivity contribution in [2.75, 3.05) is 0 Å². The van der Waals surface area contributed by atoms with Crippen LogP contribution in [0.15, 0.2) is 34.3 Å². The Morgan fingerprint density at radius 3 is 2.64 bits per heavy atom. The lowest BCUT2D eigenvalue weighted by Crippen LogP contribution is -1.94. The van der Waals surface area contributed by atoms with E-state index in [9.17, 15) is 5.11 Å². The van der Waals surface area contributed by atoms with Gasteiger partial charge in [-0.15, -0.1) is 0 Å². The Bertz CT molecular complexity index is 356. The van der Waals surface area contributed by atoms with Gasteiger partial charge in [0.05, 0.1) is 6.10 Å². The topological polar surface area (TPSA) is 20.2 Å². The van der Waals surface area contributed by atoms with Crippen LogP contribution >= 0.6 is 27.5 Å². The maximum absolute atomic E-state index is 9.79. The lowest BCUT2D eigenvalue weighted by Gasteiger charge is -2.09. The quantitative estimate of drug-likeness (QED) is 0.806. The molecule has 1 aromatic rings.